The molecule has 0 atom stereocenters. The first-order chi connectivity index (χ1) is 8.99. The molecule has 2 aromatic rings. The molecule has 1 aromatic heterocycles. The minimum atomic E-state index is 0.0554. The lowest BCUT2D eigenvalue weighted by Crippen LogP contribution is -2.30. The summed E-state index contributed by atoms with van der Waals surface area (Å²) < 4.78 is 2.67. The highest BCUT2D eigenvalue weighted by molar-refractivity contribution is 7.71. The number of para-hydroxylation sites is 1. The molecular formula is C14H19N3OS. The third-order valence-corrected chi connectivity index (χ3v) is 3.33. The summed E-state index contributed by atoms with van der Waals surface area (Å²) in [6, 6.07) is 6.22. The number of hydrogen-bond acceptors (Lipinski definition) is 2. The number of H-pyrrole nitrogens is 1. The molecule has 4 nitrogen and oxygen atoms in total. The highest BCUT2D eigenvalue weighted by Crippen LogP contribution is 2.18. The van der Waals surface area contributed by atoms with Gasteiger partial charge < -0.3 is 14.9 Å². The highest BCUT2D eigenvalue weighted by atomic mass is 32.1. The average molecular weight is 277 g/mol. The molecule has 0 radical (unpaired) electrons. The number of imidazole rings is 1. The molecular weight excluding hydrogens is 258 g/mol. The van der Waals surface area contributed by atoms with Gasteiger partial charge in [-0.3, -0.25) is 4.79 Å². The molecule has 0 fully saturated rings. The zero-order chi connectivity index (χ0) is 14.0. The van der Waals surface area contributed by atoms with E-state index in [1.54, 1.807) is 0 Å². The summed E-state index contributed by atoms with van der Waals surface area (Å²) in [5.74, 6) is 0.0554. The van der Waals surface area contributed by atoms with E-state index in [4.69, 9.17) is 12.2 Å². The van der Waals surface area contributed by atoms with Crippen molar-refractivity contribution in [3.8, 4) is 0 Å². The summed E-state index contributed by atoms with van der Waals surface area (Å²) in [4.78, 5) is 14.9. The van der Waals surface area contributed by atoms with Gasteiger partial charge in [0.05, 0.1) is 11.0 Å². The van der Waals surface area contributed by atoms with Crippen molar-refractivity contribution in [3.63, 3.8) is 0 Å². The number of aromatic nitrogens is 2. The number of rotatable bonds is 4. The number of amides is 1. The molecule has 2 N–H and O–H groups in total. The van der Waals surface area contributed by atoms with Gasteiger partial charge in [0, 0.05) is 19.0 Å². The zero-order valence-corrected chi connectivity index (χ0v) is 12.3. The van der Waals surface area contributed by atoms with Crippen molar-refractivity contribution in [2.24, 2.45) is 0 Å². The Kier molecular flexibility index (Phi) is 4.04. The number of nitrogens with one attached hydrogen (secondary N) is 2. The molecule has 2 rings (SSSR count). The van der Waals surface area contributed by atoms with Crippen LogP contribution >= 0.6 is 12.2 Å². The lowest BCUT2D eigenvalue weighted by molar-refractivity contribution is -0.121. The van der Waals surface area contributed by atoms with E-state index >= 15 is 0 Å². The molecule has 5 heteroatoms. The number of carbonyl (C=O) groups is 1. The van der Waals surface area contributed by atoms with Gasteiger partial charge in [0.15, 0.2) is 4.77 Å². The maximum absolute atomic E-state index is 11.7. The molecule has 1 amide bonds. The number of benzene rings is 1. The Bertz CT molecular complexity index is 654. The Balaban J connectivity index is 2.24. The molecule has 0 saturated heterocycles. The molecule has 102 valence electrons. The molecule has 19 heavy (non-hydrogen) atoms. The summed E-state index contributed by atoms with van der Waals surface area (Å²) >= 11 is 5.33. The fourth-order valence-corrected chi connectivity index (χ4v) is 2.52. The zero-order valence-electron chi connectivity index (χ0n) is 11.5. The van der Waals surface area contributed by atoms with Gasteiger partial charge in [-0.05, 0) is 44.6 Å². The Labute approximate surface area is 117 Å². The molecule has 0 bridgehead atoms. The van der Waals surface area contributed by atoms with Gasteiger partial charge in [0.2, 0.25) is 5.91 Å². The second kappa shape index (κ2) is 5.57. The molecule has 0 aliphatic heterocycles. The molecule has 1 heterocycles. The van der Waals surface area contributed by atoms with Gasteiger partial charge in [0.1, 0.15) is 0 Å². The van der Waals surface area contributed by atoms with Crippen molar-refractivity contribution in [2.45, 2.75) is 39.8 Å². The van der Waals surface area contributed by atoms with Crippen molar-refractivity contribution in [2.75, 3.05) is 0 Å². The van der Waals surface area contributed by atoms with Crippen molar-refractivity contribution in [3.05, 3.63) is 28.5 Å². The van der Waals surface area contributed by atoms with Crippen LogP contribution in [-0.2, 0) is 11.3 Å². The fourth-order valence-electron chi connectivity index (χ4n) is 2.22. The van der Waals surface area contributed by atoms with E-state index in [1.807, 2.05) is 30.5 Å². The molecule has 0 spiro atoms. The summed E-state index contributed by atoms with van der Waals surface area (Å²) in [5.41, 5.74) is 3.27. The number of aromatic amines is 1. The highest BCUT2D eigenvalue weighted by Gasteiger charge is 2.09. The van der Waals surface area contributed by atoms with Crippen LogP contribution in [0.3, 0.4) is 0 Å². The number of fused-ring (bicyclic) bond motifs is 1. The van der Waals surface area contributed by atoms with Crippen LogP contribution in [0.5, 0.6) is 0 Å². The number of nitrogens with zero attached hydrogens (tertiary/aromatic N) is 1. The van der Waals surface area contributed by atoms with Gasteiger partial charge >= 0.3 is 0 Å². The smallest absolute Gasteiger partial charge is 0.221 e. The summed E-state index contributed by atoms with van der Waals surface area (Å²) in [6.45, 7) is 6.57. The Morgan fingerprint density at radius 3 is 2.89 bits per heavy atom. The van der Waals surface area contributed by atoms with Crippen LogP contribution in [0.1, 0.15) is 25.8 Å². The maximum atomic E-state index is 11.7. The van der Waals surface area contributed by atoms with Crippen LogP contribution in [0.4, 0.5) is 0 Å². The predicted molar refractivity (Wildman–Crippen MR) is 79.8 cm³/mol. The second-order valence-electron chi connectivity index (χ2n) is 5.03. The lowest BCUT2D eigenvalue weighted by atomic mass is 10.2. The summed E-state index contributed by atoms with van der Waals surface area (Å²) in [7, 11) is 0. The quantitative estimate of drug-likeness (QED) is 0.844. The molecule has 0 unspecified atom stereocenters. The van der Waals surface area contributed by atoms with Crippen LogP contribution in [0.25, 0.3) is 11.0 Å². The van der Waals surface area contributed by atoms with E-state index in [2.05, 4.69) is 23.3 Å². The third-order valence-electron chi connectivity index (χ3n) is 3.01. The van der Waals surface area contributed by atoms with Crippen molar-refractivity contribution >= 4 is 29.2 Å². The van der Waals surface area contributed by atoms with E-state index in [9.17, 15) is 4.79 Å². The van der Waals surface area contributed by atoms with E-state index in [-0.39, 0.29) is 11.9 Å². The topological polar surface area (TPSA) is 49.8 Å². The third kappa shape index (κ3) is 3.04. The average Bonchev–Trinajstić information content (AvgIpc) is 2.63. The summed E-state index contributed by atoms with van der Waals surface area (Å²) in [5, 5.41) is 2.89. The standard InChI is InChI=1S/C14H19N3OS/c1-9(2)15-12(18)7-8-17-13-10(3)5-4-6-11(13)16-14(17)19/h4-6,9H,7-8H2,1-3H3,(H,15,18)(H,16,19). The second-order valence-corrected chi connectivity index (χ2v) is 5.41. The first-order valence-corrected chi connectivity index (χ1v) is 6.87. The SMILES string of the molecule is Cc1cccc2[nH]c(=S)n(CCC(=O)NC(C)C)c12. The van der Waals surface area contributed by atoms with Gasteiger partial charge in [0.25, 0.3) is 0 Å². The maximum Gasteiger partial charge on any atom is 0.221 e. The van der Waals surface area contributed by atoms with Crippen LogP contribution in [0, 0.1) is 11.7 Å². The predicted octanol–water partition coefficient (Wildman–Crippen LogP) is 2.92. The number of hydrogen-bond donors (Lipinski definition) is 2. The molecule has 0 saturated carbocycles. The molecule has 0 aliphatic carbocycles. The Hall–Kier alpha value is -1.62. The van der Waals surface area contributed by atoms with Gasteiger partial charge in [-0.2, -0.15) is 0 Å². The van der Waals surface area contributed by atoms with E-state index in [0.29, 0.717) is 17.7 Å². The normalized spacial score (nSPS) is 11.2. The van der Waals surface area contributed by atoms with E-state index in [0.717, 1.165) is 16.6 Å². The van der Waals surface area contributed by atoms with E-state index < -0.39 is 0 Å². The fraction of sp³-hybridized carbons (Fsp3) is 0.429. The van der Waals surface area contributed by atoms with E-state index in [1.165, 1.54) is 0 Å². The van der Waals surface area contributed by atoms with Crippen molar-refractivity contribution < 1.29 is 4.79 Å². The van der Waals surface area contributed by atoms with Crippen molar-refractivity contribution in [1.29, 1.82) is 0 Å². The largest absolute Gasteiger partial charge is 0.354 e. The first-order valence-electron chi connectivity index (χ1n) is 6.46. The Morgan fingerprint density at radius 2 is 2.21 bits per heavy atom. The van der Waals surface area contributed by atoms with Gasteiger partial charge in [-0.15, -0.1) is 0 Å². The van der Waals surface area contributed by atoms with Gasteiger partial charge in [-0.1, -0.05) is 12.1 Å². The van der Waals surface area contributed by atoms with Crippen LogP contribution in [0.15, 0.2) is 18.2 Å². The molecule has 1 aromatic carbocycles. The van der Waals surface area contributed by atoms with Crippen LogP contribution < -0.4 is 5.32 Å². The lowest BCUT2D eigenvalue weighted by Gasteiger charge is -2.09. The van der Waals surface area contributed by atoms with Crippen LogP contribution in [-0.4, -0.2) is 21.5 Å². The van der Waals surface area contributed by atoms with Crippen LogP contribution in [0.2, 0.25) is 0 Å². The minimum Gasteiger partial charge on any atom is -0.354 e. The summed E-state index contributed by atoms with van der Waals surface area (Å²) in [6.07, 6.45) is 0.438. The number of carbonyl (C=O) groups excluding carboxylic acids is 1. The first kappa shape index (κ1) is 13.8. The molecule has 0 aliphatic rings. The minimum absolute atomic E-state index is 0.0554. The Morgan fingerprint density at radius 1 is 1.47 bits per heavy atom. The van der Waals surface area contributed by atoms with Crippen molar-refractivity contribution in [1.82, 2.24) is 14.9 Å². The monoisotopic (exact) mass is 277 g/mol. The van der Waals surface area contributed by atoms with Gasteiger partial charge in [-0.25, -0.2) is 0 Å². The number of aryl methyl sites for hydroxylation is 2.